The van der Waals surface area contributed by atoms with E-state index in [1.807, 2.05) is 0 Å². The van der Waals surface area contributed by atoms with E-state index in [1.54, 1.807) is 0 Å². The monoisotopic (exact) mass is 287 g/mol. The van der Waals surface area contributed by atoms with Crippen molar-refractivity contribution in [1.82, 2.24) is 5.32 Å². The smallest absolute Gasteiger partial charge is 0.147 e. The normalized spacial score (nSPS) is 31.8. The van der Waals surface area contributed by atoms with E-state index < -0.39 is 9.84 Å². The van der Waals surface area contributed by atoms with E-state index in [9.17, 15) is 8.42 Å². The molecule has 0 amide bonds. The van der Waals surface area contributed by atoms with Gasteiger partial charge in [0, 0.05) is 18.1 Å². The van der Waals surface area contributed by atoms with E-state index in [0.29, 0.717) is 11.8 Å². The van der Waals surface area contributed by atoms with Crippen molar-refractivity contribution < 1.29 is 8.42 Å². The van der Waals surface area contributed by atoms with E-state index in [4.69, 9.17) is 0 Å². The van der Waals surface area contributed by atoms with Crippen LogP contribution in [0.15, 0.2) is 0 Å². The van der Waals surface area contributed by atoms with Gasteiger partial charge in [-0.25, -0.2) is 8.42 Å². The standard InChI is InChI=1S/C15H29NO2S/c1-3-10-16-14(9-6-11-19(2,17)18)15-12-7-4-5-8-13(12)15/h12-16H,3-11H2,1-2H3. The quantitative estimate of drug-likeness (QED) is 0.746. The van der Waals surface area contributed by atoms with Gasteiger partial charge in [0.2, 0.25) is 0 Å². The lowest BCUT2D eigenvalue weighted by atomic mass is 10.0. The summed E-state index contributed by atoms with van der Waals surface area (Å²) in [5, 5.41) is 3.68. The largest absolute Gasteiger partial charge is 0.314 e. The summed E-state index contributed by atoms with van der Waals surface area (Å²) >= 11 is 0. The second-order valence-corrected chi connectivity index (χ2v) is 8.78. The van der Waals surface area contributed by atoms with Crippen LogP contribution in [0.3, 0.4) is 0 Å². The molecule has 2 aliphatic carbocycles. The Morgan fingerprint density at radius 2 is 1.84 bits per heavy atom. The molecule has 112 valence electrons. The first-order valence-corrected chi connectivity index (χ1v) is 10.00. The number of nitrogens with one attached hydrogen (secondary N) is 1. The molecule has 0 saturated heterocycles. The van der Waals surface area contributed by atoms with Crippen LogP contribution < -0.4 is 5.32 Å². The van der Waals surface area contributed by atoms with Crippen molar-refractivity contribution in [3.63, 3.8) is 0 Å². The van der Waals surface area contributed by atoms with Gasteiger partial charge in [-0.15, -0.1) is 0 Å². The number of fused-ring (bicyclic) bond motifs is 1. The first kappa shape index (κ1) is 15.3. The third-order valence-corrected chi connectivity index (χ3v) is 5.90. The minimum absolute atomic E-state index is 0.347. The molecule has 0 spiro atoms. The molecule has 3 unspecified atom stereocenters. The lowest BCUT2D eigenvalue weighted by Gasteiger charge is -2.19. The Bertz CT molecular complexity index is 368. The number of rotatable bonds is 8. The van der Waals surface area contributed by atoms with Crippen LogP contribution in [-0.2, 0) is 9.84 Å². The average Bonchev–Trinajstić information content (AvgIpc) is 3.06. The number of hydrogen-bond donors (Lipinski definition) is 1. The highest BCUT2D eigenvalue weighted by molar-refractivity contribution is 7.90. The van der Waals surface area contributed by atoms with Crippen LogP contribution in [0.25, 0.3) is 0 Å². The van der Waals surface area contributed by atoms with Gasteiger partial charge in [0.1, 0.15) is 9.84 Å². The second kappa shape index (κ2) is 6.57. The van der Waals surface area contributed by atoms with Gasteiger partial charge in [0.15, 0.2) is 0 Å². The third-order valence-electron chi connectivity index (χ3n) is 4.87. The van der Waals surface area contributed by atoms with Crippen molar-refractivity contribution in [3.8, 4) is 0 Å². The topological polar surface area (TPSA) is 46.2 Å². The fraction of sp³-hybridized carbons (Fsp3) is 1.00. The average molecular weight is 287 g/mol. The van der Waals surface area contributed by atoms with E-state index in [2.05, 4.69) is 12.2 Å². The zero-order valence-electron chi connectivity index (χ0n) is 12.4. The summed E-state index contributed by atoms with van der Waals surface area (Å²) in [7, 11) is -2.80. The van der Waals surface area contributed by atoms with Gasteiger partial charge in [-0.1, -0.05) is 19.8 Å². The maximum Gasteiger partial charge on any atom is 0.147 e. The Labute approximate surface area is 118 Å². The van der Waals surface area contributed by atoms with Crippen molar-refractivity contribution in [3.05, 3.63) is 0 Å². The molecule has 0 aromatic rings. The van der Waals surface area contributed by atoms with Gasteiger partial charge in [-0.05, 0) is 56.4 Å². The van der Waals surface area contributed by atoms with Crippen molar-refractivity contribution in [2.45, 2.75) is 57.9 Å². The molecular weight excluding hydrogens is 258 g/mol. The molecule has 2 fully saturated rings. The Morgan fingerprint density at radius 1 is 1.21 bits per heavy atom. The summed E-state index contributed by atoms with van der Waals surface area (Å²) < 4.78 is 22.5. The van der Waals surface area contributed by atoms with Crippen LogP contribution in [0.1, 0.15) is 51.9 Å². The van der Waals surface area contributed by atoms with Gasteiger partial charge in [-0.3, -0.25) is 0 Å². The van der Waals surface area contributed by atoms with Crippen LogP contribution in [-0.4, -0.2) is 33.0 Å². The van der Waals surface area contributed by atoms with E-state index in [1.165, 1.54) is 31.9 Å². The Kier molecular flexibility index (Phi) is 5.29. The molecule has 0 heterocycles. The predicted molar refractivity (Wildman–Crippen MR) is 80.0 cm³/mol. The van der Waals surface area contributed by atoms with E-state index in [-0.39, 0.29) is 0 Å². The molecular formula is C15H29NO2S. The SMILES string of the molecule is CCCNC(CCCS(C)(=O)=O)C1C2CCCCC21. The summed E-state index contributed by atoms with van der Waals surface area (Å²) in [6, 6.07) is 0.565. The number of hydrogen-bond acceptors (Lipinski definition) is 3. The summed E-state index contributed by atoms with van der Waals surface area (Å²) in [5.74, 6) is 3.08. The van der Waals surface area contributed by atoms with Gasteiger partial charge in [0.25, 0.3) is 0 Å². The van der Waals surface area contributed by atoms with Gasteiger partial charge in [-0.2, -0.15) is 0 Å². The molecule has 0 aromatic carbocycles. The van der Waals surface area contributed by atoms with Crippen LogP contribution in [0, 0.1) is 17.8 Å². The molecule has 0 radical (unpaired) electrons. The third kappa shape index (κ3) is 4.45. The summed E-state index contributed by atoms with van der Waals surface area (Å²) in [5.41, 5.74) is 0. The fourth-order valence-electron chi connectivity index (χ4n) is 3.97. The van der Waals surface area contributed by atoms with Crippen molar-refractivity contribution in [1.29, 1.82) is 0 Å². The highest BCUT2D eigenvalue weighted by Gasteiger charge is 2.53. The zero-order valence-corrected chi connectivity index (χ0v) is 13.2. The van der Waals surface area contributed by atoms with Crippen LogP contribution in [0.5, 0.6) is 0 Å². The lowest BCUT2D eigenvalue weighted by Crippen LogP contribution is -2.33. The molecule has 4 heteroatoms. The van der Waals surface area contributed by atoms with E-state index in [0.717, 1.165) is 43.6 Å². The molecule has 0 bridgehead atoms. The minimum Gasteiger partial charge on any atom is -0.314 e. The highest BCUT2D eigenvalue weighted by atomic mass is 32.2. The zero-order chi connectivity index (χ0) is 13.9. The molecule has 3 atom stereocenters. The molecule has 2 rings (SSSR count). The molecule has 0 aromatic heterocycles. The van der Waals surface area contributed by atoms with Crippen LogP contribution in [0.2, 0.25) is 0 Å². The van der Waals surface area contributed by atoms with Gasteiger partial charge in [0.05, 0.1) is 0 Å². The maximum absolute atomic E-state index is 11.2. The fourth-order valence-corrected chi connectivity index (χ4v) is 4.66. The van der Waals surface area contributed by atoms with Crippen LogP contribution in [0.4, 0.5) is 0 Å². The lowest BCUT2D eigenvalue weighted by molar-refractivity contribution is 0.403. The van der Waals surface area contributed by atoms with Crippen molar-refractivity contribution in [2.75, 3.05) is 18.6 Å². The Hall–Kier alpha value is -0.0900. The van der Waals surface area contributed by atoms with Crippen molar-refractivity contribution >= 4 is 9.84 Å². The predicted octanol–water partition coefficient (Wildman–Crippen LogP) is 2.62. The maximum atomic E-state index is 11.2. The molecule has 19 heavy (non-hydrogen) atoms. The first-order chi connectivity index (χ1) is 9.03. The second-order valence-electron chi connectivity index (χ2n) is 6.52. The molecule has 3 nitrogen and oxygen atoms in total. The Balaban J connectivity index is 1.82. The van der Waals surface area contributed by atoms with Gasteiger partial charge >= 0.3 is 0 Å². The summed E-state index contributed by atoms with van der Waals surface area (Å²) in [6.45, 7) is 3.26. The van der Waals surface area contributed by atoms with Crippen LogP contribution >= 0.6 is 0 Å². The number of sulfone groups is 1. The minimum atomic E-state index is -2.80. The highest BCUT2D eigenvalue weighted by Crippen LogP contribution is 2.57. The molecule has 0 aliphatic heterocycles. The van der Waals surface area contributed by atoms with E-state index >= 15 is 0 Å². The molecule has 1 N–H and O–H groups in total. The molecule has 2 saturated carbocycles. The van der Waals surface area contributed by atoms with Gasteiger partial charge < -0.3 is 5.32 Å². The Morgan fingerprint density at radius 3 is 2.37 bits per heavy atom. The first-order valence-electron chi connectivity index (χ1n) is 7.94. The summed E-state index contributed by atoms with van der Waals surface area (Å²) in [6.07, 6.45) is 9.98. The molecule has 2 aliphatic rings. The van der Waals surface area contributed by atoms with Crippen molar-refractivity contribution in [2.24, 2.45) is 17.8 Å². The summed E-state index contributed by atoms with van der Waals surface area (Å²) in [4.78, 5) is 0.